The first-order valence-corrected chi connectivity index (χ1v) is 5.84. The van der Waals surface area contributed by atoms with E-state index in [1.54, 1.807) is 6.92 Å². The van der Waals surface area contributed by atoms with Gasteiger partial charge >= 0.3 is 0 Å². The zero-order valence-electron chi connectivity index (χ0n) is 10.3. The molecule has 0 aromatic heterocycles. The first-order chi connectivity index (χ1) is 8.38. The van der Waals surface area contributed by atoms with Gasteiger partial charge in [0.15, 0.2) is 0 Å². The summed E-state index contributed by atoms with van der Waals surface area (Å²) in [5.74, 6) is -2.39. The van der Waals surface area contributed by atoms with Crippen molar-refractivity contribution in [2.24, 2.45) is 0 Å². The molecule has 1 aliphatic heterocycles. The fourth-order valence-corrected chi connectivity index (χ4v) is 2.04. The topological polar surface area (TPSA) is 40.5 Å². The van der Waals surface area contributed by atoms with Gasteiger partial charge in [-0.05, 0) is 25.0 Å². The van der Waals surface area contributed by atoms with Crippen molar-refractivity contribution in [3.63, 3.8) is 0 Å². The maximum Gasteiger partial charge on any atom is 0.260 e. The van der Waals surface area contributed by atoms with Crippen LogP contribution in [-0.2, 0) is 0 Å². The summed E-state index contributed by atoms with van der Waals surface area (Å²) in [5.41, 5.74) is -1.22. The van der Waals surface area contributed by atoms with Crippen LogP contribution in [0.25, 0.3) is 0 Å². The molecule has 2 rings (SSSR count). The van der Waals surface area contributed by atoms with Gasteiger partial charge in [-0.15, -0.1) is 0 Å². The normalized spacial score (nSPS) is 17.5. The Balaban J connectivity index is 2.24. The number of hydrogen-bond acceptors (Lipinski definition) is 2. The summed E-state index contributed by atoms with van der Waals surface area (Å²) < 4.78 is 27.3. The molecule has 1 aliphatic rings. The first-order valence-electron chi connectivity index (χ1n) is 5.84. The number of β-amino-alcohol motifs (C(OH)–C–C–N with tert-alkyl or cyclic N) is 1. The van der Waals surface area contributed by atoms with Gasteiger partial charge in [0, 0.05) is 0 Å². The van der Waals surface area contributed by atoms with E-state index in [0.717, 1.165) is 6.07 Å². The molecule has 5 heteroatoms. The summed E-state index contributed by atoms with van der Waals surface area (Å²) in [6.07, 6.45) is 0.509. The molecule has 0 aliphatic carbocycles. The van der Waals surface area contributed by atoms with Crippen LogP contribution in [0.5, 0.6) is 0 Å². The predicted octanol–water partition coefficient (Wildman–Crippen LogP) is 1.87. The Hall–Kier alpha value is -1.49. The molecule has 0 atom stereocenters. The average molecular weight is 255 g/mol. The second-order valence-corrected chi connectivity index (χ2v) is 4.79. The van der Waals surface area contributed by atoms with Gasteiger partial charge in [-0.3, -0.25) is 4.79 Å². The lowest BCUT2D eigenvalue weighted by Crippen LogP contribution is -2.63. The summed E-state index contributed by atoms with van der Waals surface area (Å²) in [7, 11) is 0. The van der Waals surface area contributed by atoms with Gasteiger partial charge in [0.2, 0.25) is 0 Å². The van der Waals surface area contributed by atoms with Gasteiger partial charge in [0.1, 0.15) is 17.2 Å². The second-order valence-electron chi connectivity index (χ2n) is 4.79. The van der Waals surface area contributed by atoms with Gasteiger partial charge < -0.3 is 10.0 Å². The zero-order chi connectivity index (χ0) is 13.5. The third kappa shape index (κ3) is 1.99. The lowest BCUT2D eigenvalue weighted by atomic mass is 9.90. The van der Waals surface area contributed by atoms with Crippen LogP contribution in [0.15, 0.2) is 12.1 Å². The number of rotatable bonds is 2. The summed E-state index contributed by atoms with van der Waals surface area (Å²) >= 11 is 0. The predicted molar refractivity (Wildman–Crippen MR) is 62.2 cm³/mol. The van der Waals surface area contributed by atoms with E-state index in [1.807, 2.05) is 0 Å². The van der Waals surface area contributed by atoms with Gasteiger partial charge in [-0.2, -0.15) is 0 Å². The van der Waals surface area contributed by atoms with Crippen LogP contribution in [-0.4, -0.2) is 34.6 Å². The Kier molecular flexibility index (Phi) is 3.11. The van der Waals surface area contributed by atoms with Crippen molar-refractivity contribution in [1.82, 2.24) is 4.90 Å². The molecular weight excluding hydrogens is 240 g/mol. The monoisotopic (exact) mass is 255 g/mol. The number of aliphatic hydroxyl groups is 1. The Morgan fingerprint density at radius 3 is 2.61 bits per heavy atom. The third-order valence-corrected chi connectivity index (χ3v) is 3.41. The van der Waals surface area contributed by atoms with Gasteiger partial charge in [0.05, 0.1) is 18.7 Å². The molecule has 18 heavy (non-hydrogen) atoms. The number of amides is 1. The Morgan fingerprint density at radius 2 is 2.06 bits per heavy atom. The molecule has 1 aromatic carbocycles. The van der Waals surface area contributed by atoms with Gasteiger partial charge in [0.25, 0.3) is 5.91 Å². The van der Waals surface area contributed by atoms with Gasteiger partial charge in [-0.1, -0.05) is 13.0 Å². The highest BCUT2D eigenvalue weighted by atomic mass is 19.1. The molecule has 3 nitrogen and oxygen atoms in total. The molecule has 0 spiro atoms. The Bertz CT molecular complexity index is 496. The van der Waals surface area contributed by atoms with Crippen molar-refractivity contribution >= 4 is 5.91 Å². The number of benzene rings is 1. The van der Waals surface area contributed by atoms with Crippen LogP contribution in [0.3, 0.4) is 0 Å². The number of nitrogens with zero attached hydrogens (tertiary/aromatic N) is 1. The summed E-state index contributed by atoms with van der Waals surface area (Å²) in [5, 5.41) is 9.80. The van der Waals surface area contributed by atoms with Crippen molar-refractivity contribution in [2.45, 2.75) is 25.9 Å². The van der Waals surface area contributed by atoms with Crippen LogP contribution < -0.4 is 0 Å². The van der Waals surface area contributed by atoms with Crippen molar-refractivity contribution in [1.29, 1.82) is 0 Å². The van der Waals surface area contributed by atoms with E-state index in [9.17, 15) is 18.7 Å². The van der Waals surface area contributed by atoms with Crippen molar-refractivity contribution in [3.05, 3.63) is 34.9 Å². The number of carbonyl (C=O) groups is 1. The fraction of sp³-hybridized carbons (Fsp3) is 0.462. The molecule has 1 fully saturated rings. The summed E-state index contributed by atoms with van der Waals surface area (Å²) in [6, 6.07) is 2.37. The van der Waals surface area contributed by atoms with Crippen LogP contribution in [0.4, 0.5) is 8.78 Å². The maximum absolute atomic E-state index is 13.8. The highest BCUT2D eigenvalue weighted by Gasteiger charge is 2.43. The fourth-order valence-electron chi connectivity index (χ4n) is 2.04. The van der Waals surface area contributed by atoms with E-state index in [0.29, 0.717) is 6.42 Å². The SMILES string of the molecule is CCC1(O)CN(C(=O)c2c(F)ccc(C)c2F)C1. The molecule has 98 valence electrons. The van der Waals surface area contributed by atoms with Crippen molar-refractivity contribution < 1.29 is 18.7 Å². The Labute approximate surface area is 104 Å². The molecule has 0 radical (unpaired) electrons. The summed E-state index contributed by atoms with van der Waals surface area (Å²) in [4.78, 5) is 13.2. The Morgan fingerprint density at radius 1 is 1.44 bits per heavy atom. The second kappa shape index (κ2) is 4.31. The van der Waals surface area contributed by atoms with Crippen LogP contribution in [0, 0.1) is 18.6 Å². The standard InChI is InChI=1S/C13H15F2NO2/c1-3-13(18)6-16(7-13)12(17)10-9(14)5-4-8(2)11(10)15/h4-5,18H,3,6-7H2,1-2H3. The zero-order valence-corrected chi connectivity index (χ0v) is 10.3. The smallest absolute Gasteiger partial charge is 0.260 e. The van der Waals surface area contributed by atoms with Crippen LogP contribution in [0.1, 0.15) is 29.3 Å². The molecule has 0 bridgehead atoms. The van der Waals surface area contributed by atoms with Crippen LogP contribution in [0.2, 0.25) is 0 Å². The molecule has 1 saturated heterocycles. The summed E-state index contributed by atoms with van der Waals surface area (Å²) in [6.45, 7) is 3.52. The van der Waals surface area contributed by atoms with E-state index in [-0.39, 0.29) is 18.7 Å². The highest BCUT2D eigenvalue weighted by molar-refractivity contribution is 5.95. The lowest BCUT2D eigenvalue weighted by Gasteiger charge is -2.46. The highest BCUT2D eigenvalue weighted by Crippen LogP contribution is 2.27. The van der Waals surface area contributed by atoms with E-state index in [2.05, 4.69) is 0 Å². The molecule has 1 heterocycles. The molecule has 0 unspecified atom stereocenters. The van der Waals surface area contributed by atoms with E-state index < -0.39 is 28.7 Å². The molecule has 1 amide bonds. The minimum atomic E-state index is -0.910. The minimum absolute atomic E-state index is 0.120. The van der Waals surface area contributed by atoms with E-state index >= 15 is 0 Å². The number of carbonyl (C=O) groups excluding carboxylic acids is 1. The minimum Gasteiger partial charge on any atom is -0.386 e. The molecule has 0 saturated carbocycles. The third-order valence-electron chi connectivity index (χ3n) is 3.41. The van der Waals surface area contributed by atoms with E-state index in [1.165, 1.54) is 17.9 Å². The first kappa shape index (κ1) is 13.0. The number of aryl methyl sites for hydroxylation is 1. The van der Waals surface area contributed by atoms with E-state index in [4.69, 9.17) is 0 Å². The average Bonchev–Trinajstić information content (AvgIpc) is 2.30. The maximum atomic E-state index is 13.8. The largest absolute Gasteiger partial charge is 0.386 e. The van der Waals surface area contributed by atoms with Crippen molar-refractivity contribution in [3.8, 4) is 0 Å². The van der Waals surface area contributed by atoms with Crippen LogP contribution >= 0.6 is 0 Å². The number of halogens is 2. The number of likely N-dealkylation sites (tertiary alicyclic amines) is 1. The molecule has 1 aromatic rings. The van der Waals surface area contributed by atoms with Crippen molar-refractivity contribution in [2.75, 3.05) is 13.1 Å². The van der Waals surface area contributed by atoms with Gasteiger partial charge in [-0.25, -0.2) is 8.78 Å². The quantitative estimate of drug-likeness (QED) is 0.876. The molecular formula is C13H15F2NO2. The number of hydrogen-bond donors (Lipinski definition) is 1. The lowest BCUT2D eigenvalue weighted by molar-refractivity contribution is -0.0829. The molecule has 1 N–H and O–H groups in total.